The molecule has 3 aromatic rings. The summed E-state index contributed by atoms with van der Waals surface area (Å²) >= 11 is 0. The molecule has 0 aliphatic carbocycles. The lowest BCUT2D eigenvalue weighted by atomic mass is 10.0. The van der Waals surface area contributed by atoms with E-state index in [2.05, 4.69) is 32.5 Å². The van der Waals surface area contributed by atoms with E-state index in [1.54, 1.807) is 18.6 Å². The molecule has 120 valence electrons. The van der Waals surface area contributed by atoms with Crippen molar-refractivity contribution in [2.24, 2.45) is 0 Å². The Bertz CT molecular complexity index is 877. The number of aromatic nitrogens is 4. The molecule has 6 heteroatoms. The van der Waals surface area contributed by atoms with Crippen LogP contribution >= 0.6 is 0 Å². The number of hydrogen-bond donors (Lipinski definition) is 2. The molecule has 0 fully saturated rings. The molecule has 0 bridgehead atoms. The third kappa shape index (κ3) is 2.56. The van der Waals surface area contributed by atoms with E-state index >= 15 is 0 Å². The summed E-state index contributed by atoms with van der Waals surface area (Å²) in [6.45, 7) is 3.03. The fourth-order valence-electron chi connectivity index (χ4n) is 2.80. The van der Waals surface area contributed by atoms with Gasteiger partial charge in [0.05, 0.1) is 17.6 Å². The summed E-state index contributed by atoms with van der Waals surface area (Å²) in [5.41, 5.74) is 4.76. The molecule has 0 saturated carbocycles. The maximum Gasteiger partial charge on any atom is 0.223 e. The van der Waals surface area contributed by atoms with E-state index in [0.717, 1.165) is 53.3 Å². The molecule has 24 heavy (non-hydrogen) atoms. The summed E-state index contributed by atoms with van der Waals surface area (Å²) in [6, 6.07) is 5.92. The highest BCUT2D eigenvalue weighted by molar-refractivity contribution is 5.95. The zero-order valence-electron chi connectivity index (χ0n) is 13.5. The van der Waals surface area contributed by atoms with Crippen molar-refractivity contribution in [1.82, 2.24) is 19.9 Å². The van der Waals surface area contributed by atoms with Gasteiger partial charge < -0.3 is 10.6 Å². The number of anilines is 3. The van der Waals surface area contributed by atoms with Crippen molar-refractivity contribution in [3.63, 3.8) is 0 Å². The molecule has 3 aromatic heterocycles. The second kappa shape index (κ2) is 6.23. The van der Waals surface area contributed by atoms with Crippen LogP contribution in [0.25, 0.3) is 22.4 Å². The second-order valence-electron chi connectivity index (χ2n) is 5.68. The first kappa shape index (κ1) is 14.6. The van der Waals surface area contributed by atoms with Crippen molar-refractivity contribution in [2.75, 3.05) is 17.2 Å². The average molecular weight is 318 g/mol. The molecular formula is C18H18N6. The minimum atomic E-state index is 0.648. The van der Waals surface area contributed by atoms with Crippen molar-refractivity contribution >= 4 is 17.5 Å². The van der Waals surface area contributed by atoms with Crippen LogP contribution in [-0.2, 0) is 0 Å². The van der Waals surface area contributed by atoms with Crippen LogP contribution in [0.5, 0.6) is 0 Å². The third-order valence-corrected chi connectivity index (χ3v) is 4.03. The maximum absolute atomic E-state index is 4.76. The first-order valence-electron chi connectivity index (χ1n) is 8.14. The van der Waals surface area contributed by atoms with Crippen molar-refractivity contribution in [2.45, 2.75) is 19.8 Å². The van der Waals surface area contributed by atoms with Gasteiger partial charge in [-0.3, -0.25) is 4.98 Å². The van der Waals surface area contributed by atoms with E-state index in [-0.39, 0.29) is 0 Å². The Balaban J connectivity index is 1.87. The Morgan fingerprint density at radius 1 is 1.04 bits per heavy atom. The highest BCUT2D eigenvalue weighted by atomic mass is 15.1. The van der Waals surface area contributed by atoms with Gasteiger partial charge in [-0.05, 0) is 24.6 Å². The van der Waals surface area contributed by atoms with Crippen LogP contribution in [-0.4, -0.2) is 26.5 Å². The molecule has 0 radical (unpaired) electrons. The number of nitrogens with zero attached hydrogens (tertiary/aromatic N) is 4. The van der Waals surface area contributed by atoms with Gasteiger partial charge in [-0.2, -0.15) is 0 Å². The smallest absolute Gasteiger partial charge is 0.223 e. The lowest BCUT2D eigenvalue weighted by Gasteiger charge is -2.10. The molecule has 6 nitrogen and oxygen atoms in total. The molecule has 0 amide bonds. The predicted molar refractivity (Wildman–Crippen MR) is 95.2 cm³/mol. The Morgan fingerprint density at radius 3 is 2.92 bits per heavy atom. The van der Waals surface area contributed by atoms with Gasteiger partial charge in [-0.1, -0.05) is 13.3 Å². The number of nitrogens with one attached hydrogen (secondary N) is 2. The van der Waals surface area contributed by atoms with E-state index in [0.29, 0.717) is 5.95 Å². The topological polar surface area (TPSA) is 75.6 Å². The van der Waals surface area contributed by atoms with Crippen LogP contribution in [0.2, 0.25) is 0 Å². The molecule has 0 atom stereocenters. The van der Waals surface area contributed by atoms with Crippen molar-refractivity contribution in [1.29, 1.82) is 0 Å². The first-order valence-corrected chi connectivity index (χ1v) is 8.14. The number of rotatable bonds is 4. The summed E-state index contributed by atoms with van der Waals surface area (Å²) in [6.07, 6.45) is 9.45. The van der Waals surface area contributed by atoms with Gasteiger partial charge in [-0.15, -0.1) is 0 Å². The van der Waals surface area contributed by atoms with Gasteiger partial charge in [0.15, 0.2) is 0 Å². The zero-order valence-corrected chi connectivity index (χ0v) is 13.5. The molecule has 4 heterocycles. The largest absolute Gasteiger partial charge is 0.354 e. The van der Waals surface area contributed by atoms with Crippen molar-refractivity contribution < 1.29 is 0 Å². The number of unbranched alkanes of at least 4 members (excludes halogenated alkanes) is 1. The average Bonchev–Trinajstić information content (AvgIpc) is 2.76. The molecule has 4 rings (SSSR count). The van der Waals surface area contributed by atoms with Gasteiger partial charge >= 0.3 is 0 Å². The van der Waals surface area contributed by atoms with E-state index in [1.165, 1.54) is 0 Å². The van der Waals surface area contributed by atoms with Crippen molar-refractivity contribution in [3.05, 3.63) is 43.0 Å². The number of fused-ring (bicyclic) bond motifs is 5. The van der Waals surface area contributed by atoms with E-state index in [1.807, 2.05) is 24.4 Å². The normalized spacial score (nSPS) is 11.5. The minimum absolute atomic E-state index is 0.648. The van der Waals surface area contributed by atoms with Crippen molar-refractivity contribution in [3.8, 4) is 22.4 Å². The fraction of sp³-hybridized carbons (Fsp3) is 0.222. The van der Waals surface area contributed by atoms with Gasteiger partial charge in [0.2, 0.25) is 5.95 Å². The molecular weight excluding hydrogens is 300 g/mol. The quantitative estimate of drug-likeness (QED) is 0.556. The summed E-state index contributed by atoms with van der Waals surface area (Å²) in [5.74, 6) is 1.43. The number of hydrogen-bond acceptors (Lipinski definition) is 6. The van der Waals surface area contributed by atoms with E-state index in [4.69, 9.17) is 4.98 Å². The van der Waals surface area contributed by atoms with E-state index in [9.17, 15) is 0 Å². The molecule has 0 aromatic carbocycles. The highest BCUT2D eigenvalue weighted by Gasteiger charge is 2.21. The first-order chi connectivity index (χ1) is 11.9. The minimum Gasteiger partial charge on any atom is -0.354 e. The molecule has 0 spiro atoms. The summed E-state index contributed by atoms with van der Waals surface area (Å²) < 4.78 is 0. The molecule has 0 unspecified atom stereocenters. The zero-order chi connectivity index (χ0) is 16.4. The Kier molecular flexibility index (Phi) is 3.78. The van der Waals surface area contributed by atoms with Crippen LogP contribution in [0.1, 0.15) is 19.8 Å². The Hall–Kier alpha value is -3.02. The van der Waals surface area contributed by atoms with Crippen LogP contribution in [0.3, 0.4) is 0 Å². The van der Waals surface area contributed by atoms with Crippen LogP contribution in [0, 0.1) is 0 Å². The second-order valence-corrected chi connectivity index (χ2v) is 5.68. The monoisotopic (exact) mass is 318 g/mol. The van der Waals surface area contributed by atoms with Gasteiger partial charge in [-0.25, -0.2) is 15.0 Å². The Morgan fingerprint density at radius 2 is 2.00 bits per heavy atom. The highest BCUT2D eigenvalue weighted by Crippen LogP contribution is 2.41. The Labute approximate surface area is 140 Å². The summed E-state index contributed by atoms with van der Waals surface area (Å²) in [4.78, 5) is 17.9. The predicted octanol–water partition coefficient (Wildman–Crippen LogP) is 3.87. The van der Waals surface area contributed by atoms with E-state index < -0.39 is 0 Å². The van der Waals surface area contributed by atoms with Gasteiger partial charge in [0.25, 0.3) is 0 Å². The third-order valence-electron chi connectivity index (χ3n) is 4.03. The van der Waals surface area contributed by atoms with Crippen LogP contribution in [0.4, 0.5) is 17.5 Å². The van der Waals surface area contributed by atoms with Gasteiger partial charge in [0.1, 0.15) is 5.82 Å². The fourth-order valence-corrected chi connectivity index (χ4v) is 2.80. The standard InChI is InChI=1S/C18H18N6/c1-2-3-7-21-18-22-10-14-12-6-9-19-11-15(12)23-17-13(16(14)24-18)5-4-8-20-17/h4-6,8-11H,2-3,7H2,1H3,(H,20,23)(H,21,22,24). The lowest BCUT2D eigenvalue weighted by Crippen LogP contribution is -2.06. The molecule has 1 aliphatic rings. The molecule has 2 N–H and O–H groups in total. The summed E-state index contributed by atoms with van der Waals surface area (Å²) in [7, 11) is 0. The molecule has 0 saturated heterocycles. The summed E-state index contributed by atoms with van der Waals surface area (Å²) in [5, 5.41) is 6.66. The number of pyridine rings is 2. The van der Waals surface area contributed by atoms with Gasteiger partial charge in [0, 0.05) is 41.8 Å². The molecule has 1 aliphatic heterocycles. The lowest BCUT2D eigenvalue weighted by molar-refractivity contribution is 0.826. The van der Waals surface area contributed by atoms with Crippen LogP contribution < -0.4 is 10.6 Å². The SMILES string of the molecule is CCCCNc1ncc2c(n1)-c1cccnc1Nc1cnccc1-2. The maximum atomic E-state index is 4.76. The van der Waals surface area contributed by atoms with Crippen LogP contribution in [0.15, 0.2) is 43.0 Å².